The average Bonchev–Trinajstić information content (AvgIpc) is 3.02. The van der Waals surface area contributed by atoms with Crippen LogP contribution in [0.5, 0.6) is 0 Å². The third-order valence-electron chi connectivity index (χ3n) is 5.95. The Labute approximate surface area is 173 Å². The molecule has 1 heterocycles. The van der Waals surface area contributed by atoms with Crippen LogP contribution in [0.3, 0.4) is 0 Å². The molecule has 0 N–H and O–H groups in total. The number of rotatable bonds is 3. The Balaban J connectivity index is 1.75. The zero-order valence-electron chi connectivity index (χ0n) is 17.7. The van der Waals surface area contributed by atoms with Crippen molar-refractivity contribution >= 4 is 10.9 Å². The highest BCUT2D eigenvalue weighted by Crippen LogP contribution is 2.40. The van der Waals surface area contributed by atoms with Gasteiger partial charge in [0.25, 0.3) is 0 Å². The second kappa shape index (κ2) is 6.84. The van der Waals surface area contributed by atoms with Crippen LogP contribution in [0.4, 0.5) is 0 Å². The first kappa shape index (κ1) is 18.1. The summed E-state index contributed by atoms with van der Waals surface area (Å²) in [5.74, 6) is 0.605. The predicted octanol–water partition coefficient (Wildman–Crippen LogP) is 7.29. The molecule has 1 nitrogen and oxygen atoms in total. The molecule has 0 spiro atoms. The van der Waals surface area contributed by atoms with Gasteiger partial charge in [0.05, 0.1) is 11.2 Å². The van der Waals surface area contributed by atoms with Crippen molar-refractivity contribution < 1.29 is 0 Å². The van der Waals surface area contributed by atoms with Crippen molar-refractivity contribution in [1.29, 1.82) is 0 Å². The summed E-state index contributed by atoms with van der Waals surface area (Å²) in [6.07, 6.45) is 2.08. The SMILES string of the molecule is Cc1cc(C)cc(-c2cc(CC(C)C)c3cc4c(cc3n2)Cc2ccccc2-4)c1. The van der Waals surface area contributed by atoms with Crippen LogP contribution in [-0.2, 0) is 12.8 Å². The standard InChI is InChI=1S/C28H27N/c1-17(2)9-21-14-27(23-11-18(3)10-19(4)12-23)29-28-15-22-13-20-7-5-6-8-24(20)25(22)16-26(21)28/h5-8,10-12,14-17H,9,13H2,1-4H3. The van der Waals surface area contributed by atoms with E-state index in [0.29, 0.717) is 5.92 Å². The zero-order chi connectivity index (χ0) is 20.1. The van der Waals surface area contributed by atoms with Crippen LogP contribution in [-0.4, -0.2) is 4.98 Å². The van der Waals surface area contributed by atoms with E-state index in [1.807, 2.05) is 0 Å². The van der Waals surface area contributed by atoms with Crippen molar-refractivity contribution in [2.45, 2.75) is 40.5 Å². The Morgan fingerprint density at radius 2 is 1.59 bits per heavy atom. The van der Waals surface area contributed by atoms with Gasteiger partial charge in [0.1, 0.15) is 0 Å². The van der Waals surface area contributed by atoms with E-state index < -0.39 is 0 Å². The molecule has 0 radical (unpaired) electrons. The lowest BCUT2D eigenvalue weighted by Gasteiger charge is -2.14. The molecule has 3 aromatic carbocycles. The first-order valence-corrected chi connectivity index (χ1v) is 10.6. The van der Waals surface area contributed by atoms with Crippen molar-refractivity contribution in [1.82, 2.24) is 4.98 Å². The minimum Gasteiger partial charge on any atom is -0.248 e. The van der Waals surface area contributed by atoms with Crippen molar-refractivity contribution in [2.24, 2.45) is 5.92 Å². The topological polar surface area (TPSA) is 12.9 Å². The van der Waals surface area contributed by atoms with Crippen LogP contribution < -0.4 is 0 Å². The number of nitrogens with zero attached hydrogens (tertiary/aromatic N) is 1. The normalized spacial score (nSPS) is 12.4. The van der Waals surface area contributed by atoms with E-state index in [9.17, 15) is 0 Å². The summed E-state index contributed by atoms with van der Waals surface area (Å²) < 4.78 is 0. The summed E-state index contributed by atoms with van der Waals surface area (Å²) in [6, 6.07) is 22.6. The minimum atomic E-state index is 0.605. The zero-order valence-corrected chi connectivity index (χ0v) is 17.7. The first-order chi connectivity index (χ1) is 14.0. The molecule has 0 atom stereocenters. The highest BCUT2D eigenvalue weighted by atomic mass is 14.7. The van der Waals surface area contributed by atoms with Gasteiger partial charge in [-0.15, -0.1) is 0 Å². The van der Waals surface area contributed by atoms with Crippen LogP contribution in [0.2, 0.25) is 0 Å². The Hall–Kier alpha value is -2.93. The van der Waals surface area contributed by atoms with E-state index >= 15 is 0 Å². The van der Waals surface area contributed by atoms with Crippen LogP contribution in [0.1, 0.15) is 41.7 Å². The smallest absolute Gasteiger partial charge is 0.0715 e. The summed E-state index contributed by atoms with van der Waals surface area (Å²) in [7, 11) is 0. The number of aryl methyl sites for hydroxylation is 2. The van der Waals surface area contributed by atoms with Crippen LogP contribution >= 0.6 is 0 Å². The van der Waals surface area contributed by atoms with Gasteiger partial charge >= 0.3 is 0 Å². The molecule has 0 saturated carbocycles. The fraction of sp³-hybridized carbons (Fsp3) is 0.250. The Kier molecular flexibility index (Phi) is 4.28. The average molecular weight is 378 g/mol. The van der Waals surface area contributed by atoms with Crippen LogP contribution in [0.25, 0.3) is 33.3 Å². The van der Waals surface area contributed by atoms with Gasteiger partial charge < -0.3 is 0 Å². The van der Waals surface area contributed by atoms with Crippen molar-refractivity contribution in [3.63, 3.8) is 0 Å². The van der Waals surface area contributed by atoms with Crippen molar-refractivity contribution in [2.75, 3.05) is 0 Å². The number of pyridine rings is 1. The van der Waals surface area contributed by atoms with Crippen LogP contribution in [0, 0.1) is 19.8 Å². The van der Waals surface area contributed by atoms with Crippen molar-refractivity contribution in [3.05, 3.63) is 88.5 Å². The largest absolute Gasteiger partial charge is 0.248 e. The van der Waals surface area contributed by atoms with Gasteiger partial charge in [-0.25, -0.2) is 4.98 Å². The van der Waals surface area contributed by atoms with Gasteiger partial charge in [-0.05, 0) is 90.8 Å². The molecule has 144 valence electrons. The lowest BCUT2D eigenvalue weighted by atomic mass is 9.93. The molecule has 1 heteroatoms. The fourth-order valence-corrected chi connectivity index (χ4v) is 4.80. The van der Waals surface area contributed by atoms with E-state index in [1.54, 1.807) is 0 Å². The quantitative estimate of drug-likeness (QED) is 0.322. The van der Waals surface area contributed by atoms with Gasteiger partial charge in [-0.3, -0.25) is 0 Å². The number of fused-ring (bicyclic) bond motifs is 4. The second-order valence-corrected chi connectivity index (χ2v) is 9.00. The summed E-state index contributed by atoms with van der Waals surface area (Å²) in [5, 5.41) is 1.31. The van der Waals surface area contributed by atoms with Gasteiger partial charge in [-0.2, -0.15) is 0 Å². The molecular formula is C28H27N. The second-order valence-electron chi connectivity index (χ2n) is 9.00. The summed E-state index contributed by atoms with van der Waals surface area (Å²) in [4.78, 5) is 5.14. The van der Waals surface area contributed by atoms with Gasteiger partial charge in [0.15, 0.2) is 0 Å². The summed E-state index contributed by atoms with van der Waals surface area (Å²) in [5.41, 5.74) is 13.0. The van der Waals surface area contributed by atoms with E-state index in [-0.39, 0.29) is 0 Å². The number of hydrogen-bond donors (Lipinski definition) is 0. The number of hydrogen-bond acceptors (Lipinski definition) is 1. The molecular weight excluding hydrogens is 350 g/mol. The Bertz CT molecular complexity index is 1230. The molecule has 29 heavy (non-hydrogen) atoms. The van der Waals surface area contributed by atoms with Gasteiger partial charge in [-0.1, -0.05) is 55.3 Å². The highest BCUT2D eigenvalue weighted by Gasteiger charge is 2.20. The van der Waals surface area contributed by atoms with E-state index in [1.165, 1.54) is 49.9 Å². The van der Waals surface area contributed by atoms with Gasteiger partial charge in [0, 0.05) is 10.9 Å². The minimum absolute atomic E-state index is 0.605. The highest BCUT2D eigenvalue weighted by molar-refractivity contribution is 5.93. The first-order valence-electron chi connectivity index (χ1n) is 10.6. The molecule has 1 aliphatic carbocycles. The summed E-state index contributed by atoms with van der Waals surface area (Å²) >= 11 is 0. The maximum Gasteiger partial charge on any atom is 0.0715 e. The van der Waals surface area contributed by atoms with E-state index in [4.69, 9.17) is 4.98 Å². The van der Waals surface area contributed by atoms with E-state index in [0.717, 1.165) is 24.1 Å². The molecule has 4 aromatic rings. The molecule has 5 rings (SSSR count). The maximum absolute atomic E-state index is 5.14. The Morgan fingerprint density at radius 3 is 2.34 bits per heavy atom. The third-order valence-corrected chi connectivity index (χ3v) is 5.95. The molecule has 0 unspecified atom stereocenters. The molecule has 0 fully saturated rings. The Morgan fingerprint density at radius 1 is 0.828 bits per heavy atom. The fourth-order valence-electron chi connectivity index (χ4n) is 4.80. The predicted molar refractivity (Wildman–Crippen MR) is 123 cm³/mol. The summed E-state index contributed by atoms with van der Waals surface area (Å²) in [6.45, 7) is 8.92. The molecule has 0 bridgehead atoms. The molecule has 0 amide bonds. The third kappa shape index (κ3) is 3.25. The van der Waals surface area contributed by atoms with E-state index in [2.05, 4.69) is 88.4 Å². The monoisotopic (exact) mass is 377 g/mol. The number of benzene rings is 3. The molecule has 0 saturated heterocycles. The molecule has 0 aliphatic heterocycles. The lowest BCUT2D eigenvalue weighted by Crippen LogP contribution is -1.99. The van der Waals surface area contributed by atoms with Gasteiger partial charge in [0.2, 0.25) is 0 Å². The molecule has 1 aliphatic rings. The molecule has 1 aromatic heterocycles. The van der Waals surface area contributed by atoms with Crippen molar-refractivity contribution in [3.8, 4) is 22.4 Å². The maximum atomic E-state index is 5.14. The lowest BCUT2D eigenvalue weighted by molar-refractivity contribution is 0.650. The van der Waals surface area contributed by atoms with Crippen LogP contribution in [0.15, 0.2) is 60.7 Å². The number of aromatic nitrogens is 1.